The number of hydrogen-bond acceptors (Lipinski definition) is 5. The van der Waals surface area contributed by atoms with Gasteiger partial charge in [0.15, 0.2) is 0 Å². The zero-order chi connectivity index (χ0) is 20.8. The summed E-state index contributed by atoms with van der Waals surface area (Å²) >= 11 is 12.4. The molecule has 8 heteroatoms. The normalized spacial score (nSPS) is 13.1. The quantitative estimate of drug-likeness (QED) is 0.561. The van der Waals surface area contributed by atoms with Crippen LogP contribution in [0.3, 0.4) is 0 Å². The number of ether oxygens (including phenoxy) is 1. The summed E-state index contributed by atoms with van der Waals surface area (Å²) in [6.07, 6.45) is -0.830. The molecule has 0 spiro atoms. The van der Waals surface area contributed by atoms with Crippen molar-refractivity contribution in [3.63, 3.8) is 0 Å². The predicted octanol–water partition coefficient (Wildman–Crippen LogP) is 3.66. The third-order valence-corrected chi connectivity index (χ3v) is 4.81. The van der Waals surface area contributed by atoms with Gasteiger partial charge in [0.25, 0.3) is 0 Å². The lowest BCUT2D eigenvalue weighted by molar-refractivity contribution is -0.152. The summed E-state index contributed by atoms with van der Waals surface area (Å²) in [4.78, 5) is 23.9. The maximum atomic E-state index is 12.5. The minimum Gasteiger partial charge on any atom is -0.460 e. The van der Waals surface area contributed by atoms with Gasteiger partial charge in [0.2, 0.25) is 5.91 Å². The van der Waals surface area contributed by atoms with Gasteiger partial charge in [-0.3, -0.25) is 9.59 Å². The number of nitrogens with two attached hydrogens (primary N) is 2. The Morgan fingerprint density at radius 2 is 1.68 bits per heavy atom. The van der Waals surface area contributed by atoms with E-state index < -0.39 is 24.0 Å². The van der Waals surface area contributed by atoms with E-state index in [0.29, 0.717) is 27.0 Å². The molecule has 0 aliphatic heterocycles. The Hall–Kier alpha value is -2.28. The van der Waals surface area contributed by atoms with Crippen LogP contribution in [0.15, 0.2) is 42.5 Å². The van der Waals surface area contributed by atoms with E-state index in [2.05, 4.69) is 5.32 Å². The SMILES string of the molecule is CC(C)[C@@H](OC(=O)Cc1ccccc1Nc1c(Cl)cccc1Cl)[C@H](N)C(N)=O. The van der Waals surface area contributed by atoms with Crippen LogP contribution in [0, 0.1) is 5.92 Å². The molecule has 5 N–H and O–H groups in total. The summed E-state index contributed by atoms with van der Waals surface area (Å²) in [5.41, 5.74) is 12.9. The lowest BCUT2D eigenvalue weighted by Crippen LogP contribution is -2.50. The smallest absolute Gasteiger partial charge is 0.310 e. The molecule has 2 rings (SSSR count). The third kappa shape index (κ3) is 5.61. The van der Waals surface area contributed by atoms with Crippen LogP contribution in [0.1, 0.15) is 19.4 Å². The molecule has 0 aliphatic carbocycles. The van der Waals surface area contributed by atoms with E-state index in [4.69, 9.17) is 39.4 Å². The maximum absolute atomic E-state index is 12.5. The monoisotopic (exact) mass is 423 g/mol. The number of carbonyl (C=O) groups is 2. The Morgan fingerprint density at radius 1 is 1.07 bits per heavy atom. The van der Waals surface area contributed by atoms with Crippen LogP contribution in [0.2, 0.25) is 10.0 Å². The summed E-state index contributed by atoms with van der Waals surface area (Å²) in [5.74, 6) is -1.40. The second-order valence-electron chi connectivity index (χ2n) is 6.68. The van der Waals surface area contributed by atoms with E-state index in [1.54, 1.807) is 50.2 Å². The van der Waals surface area contributed by atoms with E-state index in [0.717, 1.165) is 0 Å². The zero-order valence-electron chi connectivity index (χ0n) is 15.6. The van der Waals surface area contributed by atoms with Crippen LogP contribution in [-0.2, 0) is 20.7 Å². The van der Waals surface area contributed by atoms with Crippen LogP contribution in [0.4, 0.5) is 11.4 Å². The molecule has 0 saturated heterocycles. The predicted molar refractivity (Wildman–Crippen MR) is 112 cm³/mol. The van der Waals surface area contributed by atoms with Crippen LogP contribution in [0.25, 0.3) is 0 Å². The van der Waals surface area contributed by atoms with Crippen LogP contribution in [0.5, 0.6) is 0 Å². The van der Waals surface area contributed by atoms with Gasteiger partial charge >= 0.3 is 5.97 Å². The number of benzene rings is 2. The molecule has 1 amide bonds. The van der Waals surface area contributed by atoms with Crippen molar-refractivity contribution in [1.82, 2.24) is 0 Å². The van der Waals surface area contributed by atoms with Gasteiger partial charge in [-0.25, -0.2) is 0 Å². The Kier molecular flexibility index (Phi) is 7.69. The van der Waals surface area contributed by atoms with Crippen molar-refractivity contribution >= 4 is 46.5 Å². The number of nitrogens with one attached hydrogen (secondary N) is 1. The van der Waals surface area contributed by atoms with Gasteiger partial charge in [0.05, 0.1) is 22.2 Å². The van der Waals surface area contributed by atoms with Crippen molar-refractivity contribution in [3.8, 4) is 0 Å². The molecule has 0 unspecified atom stereocenters. The van der Waals surface area contributed by atoms with Crippen LogP contribution < -0.4 is 16.8 Å². The number of anilines is 2. The molecule has 0 heterocycles. The highest BCUT2D eigenvalue weighted by molar-refractivity contribution is 6.39. The average Bonchev–Trinajstić information content (AvgIpc) is 2.63. The standard InChI is InChI=1S/C20H23Cl2N3O3/c1-11(2)19(17(23)20(24)27)28-16(26)10-12-6-3-4-9-15(12)25-18-13(21)7-5-8-14(18)22/h3-9,11,17,19,25H,10,23H2,1-2H3,(H2,24,27)/t17-,19+/m0/s1. The van der Waals surface area contributed by atoms with Crippen molar-refractivity contribution in [3.05, 3.63) is 58.1 Å². The van der Waals surface area contributed by atoms with E-state index in [9.17, 15) is 9.59 Å². The minimum absolute atomic E-state index is 0.0278. The number of halogens is 2. The van der Waals surface area contributed by atoms with E-state index in [-0.39, 0.29) is 12.3 Å². The largest absolute Gasteiger partial charge is 0.460 e. The number of esters is 1. The number of primary amides is 1. The molecular weight excluding hydrogens is 401 g/mol. The Morgan fingerprint density at radius 3 is 2.25 bits per heavy atom. The van der Waals surface area contributed by atoms with Crippen molar-refractivity contribution in [2.45, 2.75) is 32.4 Å². The fourth-order valence-electron chi connectivity index (χ4n) is 2.68. The van der Waals surface area contributed by atoms with Crippen LogP contribution in [-0.4, -0.2) is 24.0 Å². The molecule has 150 valence electrons. The van der Waals surface area contributed by atoms with E-state index >= 15 is 0 Å². The lowest BCUT2D eigenvalue weighted by Gasteiger charge is -2.25. The topological polar surface area (TPSA) is 107 Å². The summed E-state index contributed by atoms with van der Waals surface area (Å²) < 4.78 is 5.45. The number of para-hydroxylation sites is 2. The van der Waals surface area contributed by atoms with Gasteiger partial charge in [-0.2, -0.15) is 0 Å². The van der Waals surface area contributed by atoms with Gasteiger partial charge in [0, 0.05) is 5.69 Å². The van der Waals surface area contributed by atoms with Gasteiger partial charge < -0.3 is 21.5 Å². The summed E-state index contributed by atoms with van der Waals surface area (Å²) in [6.45, 7) is 3.60. The van der Waals surface area contributed by atoms with Gasteiger partial charge in [0.1, 0.15) is 12.1 Å². The van der Waals surface area contributed by atoms with Gasteiger partial charge in [-0.05, 0) is 29.7 Å². The van der Waals surface area contributed by atoms with Gasteiger partial charge in [-0.15, -0.1) is 0 Å². The first-order valence-corrected chi connectivity index (χ1v) is 9.49. The molecule has 6 nitrogen and oxygen atoms in total. The second kappa shape index (κ2) is 9.78. The molecule has 0 fully saturated rings. The molecule has 0 bridgehead atoms. The number of amides is 1. The first kappa shape index (κ1) is 22.0. The number of rotatable bonds is 8. The van der Waals surface area contributed by atoms with Crippen molar-refractivity contribution in [2.24, 2.45) is 17.4 Å². The van der Waals surface area contributed by atoms with E-state index in [1.807, 2.05) is 6.07 Å². The molecule has 2 aromatic carbocycles. The molecule has 0 saturated carbocycles. The summed E-state index contributed by atoms with van der Waals surface area (Å²) in [5, 5.41) is 4.07. The highest BCUT2D eigenvalue weighted by Crippen LogP contribution is 2.33. The fourth-order valence-corrected chi connectivity index (χ4v) is 3.18. The van der Waals surface area contributed by atoms with Crippen molar-refractivity contribution in [1.29, 1.82) is 0 Å². The first-order chi connectivity index (χ1) is 13.2. The maximum Gasteiger partial charge on any atom is 0.310 e. The average molecular weight is 424 g/mol. The van der Waals surface area contributed by atoms with Crippen LogP contribution >= 0.6 is 23.2 Å². The molecule has 2 atom stereocenters. The Bertz CT molecular complexity index is 838. The Labute approximate surface area is 174 Å². The molecule has 28 heavy (non-hydrogen) atoms. The zero-order valence-corrected chi connectivity index (χ0v) is 17.1. The molecule has 2 aromatic rings. The third-order valence-electron chi connectivity index (χ3n) is 4.18. The number of hydrogen-bond donors (Lipinski definition) is 3. The molecular formula is C20H23Cl2N3O3. The summed E-state index contributed by atoms with van der Waals surface area (Å²) in [7, 11) is 0. The Balaban J connectivity index is 2.18. The van der Waals surface area contributed by atoms with E-state index in [1.165, 1.54) is 0 Å². The number of carbonyl (C=O) groups excluding carboxylic acids is 2. The molecule has 0 aromatic heterocycles. The fraction of sp³-hybridized carbons (Fsp3) is 0.300. The molecule has 0 aliphatic rings. The molecule has 0 radical (unpaired) electrons. The van der Waals surface area contributed by atoms with Crippen molar-refractivity contribution in [2.75, 3.05) is 5.32 Å². The van der Waals surface area contributed by atoms with Crippen molar-refractivity contribution < 1.29 is 14.3 Å². The second-order valence-corrected chi connectivity index (χ2v) is 7.50. The highest BCUT2D eigenvalue weighted by Gasteiger charge is 2.29. The summed E-state index contributed by atoms with van der Waals surface area (Å²) in [6, 6.07) is 11.3. The minimum atomic E-state index is -1.07. The van der Waals surface area contributed by atoms with Gasteiger partial charge in [-0.1, -0.05) is 61.3 Å². The lowest BCUT2D eigenvalue weighted by atomic mass is 9.99. The highest BCUT2D eigenvalue weighted by atomic mass is 35.5. The first-order valence-electron chi connectivity index (χ1n) is 8.74.